The molecule has 1 aliphatic rings. The van der Waals surface area contributed by atoms with Gasteiger partial charge in [0, 0.05) is 4.88 Å². The van der Waals surface area contributed by atoms with Gasteiger partial charge in [-0.2, -0.15) is 0 Å². The highest BCUT2D eigenvalue weighted by Gasteiger charge is 2.25. The second kappa shape index (κ2) is 7.76. The zero-order valence-corrected chi connectivity index (χ0v) is 17.0. The number of benzene rings is 2. The molecule has 0 atom stereocenters. The van der Waals surface area contributed by atoms with Crippen LogP contribution in [-0.4, -0.2) is 15.5 Å². The summed E-state index contributed by atoms with van der Waals surface area (Å²) < 4.78 is 1.72. The molecule has 0 radical (unpaired) electrons. The minimum absolute atomic E-state index is 0.0956. The second-order valence-corrected chi connectivity index (χ2v) is 8.38. The Balaban J connectivity index is 1.56. The van der Waals surface area contributed by atoms with Crippen LogP contribution in [0.15, 0.2) is 65.5 Å². The smallest absolute Gasteiger partial charge is 0.294 e. The number of thiophene rings is 1. The maximum Gasteiger partial charge on any atom is 0.294 e. The lowest BCUT2D eigenvalue weighted by Crippen LogP contribution is -2.37. The van der Waals surface area contributed by atoms with Gasteiger partial charge in [0.15, 0.2) is 5.69 Å². The van der Waals surface area contributed by atoms with E-state index in [4.69, 9.17) is 0 Å². The summed E-state index contributed by atoms with van der Waals surface area (Å²) in [5.41, 5.74) is 8.82. The van der Waals surface area contributed by atoms with Gasteiger partial charge in [0.1, 0.15) is 4.83 Å². The van der Waals surface area contributed by atoms with E-state index in [1.54, 1.807) is 15.9 Å². The number of fused-ring (bicyclic) bond motifs is 3. The number of para-hydroxylation sites is 1. The minimum Gasteiger partial charge on any atom is -0.299 e. The van der Waals surface area contributed by atoms with Gasteiger partial charge in [-0.25, -0.2) is 4.98 Å². The molecule has 0 bridgehead atoms. The number of rotatable bonds is 5. The number of hydrogen-bond donors (Lipinski definition) is 2. The molecule has 0 unspecified atom stereocenters. The van der Waals surface area contributed by atoms with Gasteiger partial charge >= 0.3 is 0 Å². The molecule has 2 heterocycles. The average molecular weight is 417 g/mol. The van der Waals surface area contributed by atoms with Crippen molar-refractivity contribution in [2.75, 3.05) is 5.43 Å². The largest absolute Gasteiger partial charge is 0.299 e. The van der Waals surface area contributed by atoms with E-state index < -0.39 is 5.91 Å². The number of amides is 1. The zero-order chi connectivity index (χ0) is 20.5. The molecule has 150 valence electrons. The van der Waals surface area contributed by atoms with E-state index in [9.17, 15) is 9.59 Å². The number of hydrazine groups is 1. The molecule has 0 fully saturated rings. The first-order valence-electron chi connectivity index (χ1n) is 9.91. The molecule has 1 amide bonds. The number of aryl methyl sites for hydroxylation is 2. The maximum absolute atomic E-state index is 13.4. The summed E-state index contributed by atoms with van der Waals surface area (Å²) in [7, 11) is 0. The Morgan fingerprint density at radius 1 is 1.03 bits per heavy atom. The number of hydrogen-bond acceptors (Lipinski definition) is 5. The first-order chi connectivity index (χ1) is 14.7. The number of carbonyl (C=O) groups excluding carboxylic acids is 1. The molecule has 7 heteroatoms. The molecule has 0 aliphatic heterocycles. The van der Waals surface area contributed by atoms with E-state index in [-0.39, 0.29) is 11.3 Å². The Hall–Kier alpha value is -3.45. The lowest BCUT2D eigenvalue weighted by atomic mass is 10.2. The van der Waals surface area contributed by atoms with Crippen molar-refractivity contribution in [2.24, 2.45) is 0 Å². The number of anilines is 1. The Morgan fingerprint density at radius 3 is 2.53 bits per heavy atom. The van der Waals surface area contributed by atoms with Gasteiger partial charge in [-0.15, -0.1) is 11.3 Å². The van der Waals surface area contributed by atoms with Crippen molar-refractivity contribution in [2.45, 2.75) is 25.8 Å². The molecule has 6 nitrogen and oxygen atoms in total. The van der Waals surface area contributed by atoms with Crippen LogP contribution in [0.4, 0.5) is 5.69 Å². The van der Waals surface area contributed by atoms with Gasteiger partial charge in [0.25, 0.3) is 11.5 Å². The molecule has 0 saturated heterocycles. The lowest BCUT2D eigenvalue weighted by Gasteiger charge is -2.12. The third kappa shape index (κ3) is 3.37. The van der Waals surface area contributed by atoms with Gasteiger partial charge in [0.05, 0.1) is 17.7 Å². The third-order valence-electron chi connectivity index (χ3n) is 5.30. The molecule has 0 saturated carbocycles. The lowest BCUT2D eigenvalue weighted by molar-refractivity contribution is 0.0956. The van der Waals surface area contributed by atoms with Crippen LogP contribution in [0, 0.1) is 0 Å². The highest BCUT2D eigenvalue weighted by molar-refractivity contribution is 7.18. The van der Waals surface area contributed by atoms with Gasteiger partial charge < -0.3 is 0 Å². The summed E-state index contributed by atoms with van der Waals surface area (Å²) in [6, 6.07) is 19.1. The Labute approximate surface area is 177 Å². The van der Waals surface area contributed by atoms with Crippen LogP contribution < -0.4 is 16.4 Å². The standard InChI is InChI=1S/C23H20N4O2S/c28-21(26-25-16-10-5-2-6-11-16)19-23(29)27(14-15-8-3-1-4-9-15)20-17-12-7-13-18(17)30-22(20)24-19/h1-6,8-11,25H,7,12-14H2,(H,26,28). The van der Waals surface area contributed by atoms with Crippen molar-refractivity contribution in [3.05, 3.63) is 92.7 Å². The fourth-order valence-corrected chi connectivity index (χ4v) is 5.15. The number of nitrogens with zero attached hydrogens (tertiary/aromatic N) is 2. The molecule has 5 rings (SSSR count). The molecule has 4 aromatic rings. The summed E-state index contributed by atoms with van der Waals surface area (Å²) in [4.78, 5) is 32.7. The molecule has 30 heavy (non-hydrogen) atoms. The van der Waals surface area contributed by atoms with Crippen molar-refractivity contribution < 1.29 is 4.79 Å². The van der Waals surface area contributed by atoms with Gasteiger partial charge in [-0.05, 0) is 42.5 Å². The van der Waals surface area contributed by atoms with Crippen LogP contribution in [0.25, 0.3) is 10.3 Å². The fourth-order valence-electron chi connectivity index (χ4n) is 3.88. The zero-order valence-electron chi connectivity index (χ0n) is 16.2. The Bertz CT molecular complexity index is 1280. The van der Waals surface area contributed by atoms with Crippen molar-refractivity contribution in [1.29, 1.82) is 0 Å². The molecule has 1 aliphatic carbocycles. The highest BCUT2D eigenvalue weighted by Crippen LogP contribution is 2.36. The van der Waals surface area contributed by atoms with Crippen molar-refractivity contribution in [1.82, 2.24) is 15.0 Å². The topological polar surface area (TPSA) is 76.0 Å². The normalized spacial score (nSPS) is 12.7. The van der Waals surface area contributed by atoms with E-state index in [2.05, 4.69) is 15.8 Å². The number of carbonyl (C=O) groups is 1. The molecular formula is C23H20N4O2S. The van der Waals surface area contributed by atoms with E-state index in [0.29, 0.717) is 6.54 Å². The summed E-state index contributed by atoms with van der Waals surface area (Å²) in [5.74, 6) is -0.541. The SMILES string of the molecule is O=C(NNc1ccccc1)c1nc2sc3c(c2n(Cc2ccccc2)c1=O)CCC3. The fraction of sp³-hybridized carbons (Fsp3) is 0.174. The molecule has 0 spiro atoms. The maximum atomic E-state index is 13.4. The second-order valence-electron chi connectivity index (χ2n) is 7.29. The number of aromatic nitrogens is 2. The van der Waals surface area contributed by atoms with Gasteiger partial charge in [0.2, 0.25) is 0 Å². The van der Waals surface area contributed by atoms with E-state index >= 15 is 0 Å². The average Bonchev–Trinajstić information content (AvgIpc) is 3.36. The highest BCUT2D eigenvalue weighted by atomic mass is 32.1. The van der Waals surface area contributed by atoms with Crippen LogP contribution >= 0.6 is 11.3 Å². The first kappa shape index (κ1) is 18.6. The Morgan fingerprint density at radius 2 is 1.77 bits per heavy atom. The number of nitrogens with one attached hydrogen (secondary N) is 2. The predicted molar refractivity (Wildman–Crippen MR) is 119 cm³/mol. The van der Waals surface area contributed by atoms with E-state index in [1.807, 2.05) is 60.7 Å². The van der Waals surface area contributed by atoms with Crippen molar-refractivity contribution >= 4 is 33.3 Å². The molecular weight excluding hydrogens is 396 g/mol. The van der Waals surface area contributed by atoms with Crippen LogP contribution in [0.5, 0.6) is 0 Å². The molecule has 2 aromatic carbocycles. The van der Waals surface area contributed by atoms with Crippen LogP contribution in [-0.2, 0) is 19.4 Å². The van der Waals surface area contributed by atoms with E-state index in [1.165, 1.54) is 10.4 Å². The summed E-state index contributed by atoms with van der Waals surface area (Å²) in [6.07, 6.45) is 3.05. The first-order valence-corrected chi connectivity index (χ1v) is 10.7. The summed E-state index contributed by atoms with van der Waals surface area (Å²) >= 11 is 1.59. The van der Waals surface area contributed by atoms with Crippen LogP contribution in [0.3, 0.4) is 0 Å². The summed E-state index contributed by atoms with van der Waals surface area (Å²) in [5, 5.41) is 0. The van der Waals surface area contributed by atoms with Gasteiger partial charge in [-0.3, -0.25) is 25.0 Å². The predicted octanol–water partition coefficient (Wildman–Crippen LogP) is 3.75. The van der Waals surface area contributed by atoms with E-state index in [0.717, 1.165) is 40.9 Å². The third-order valence-corrected chi connectivity index (χ3v) is 6.47. The van der Waals surface area contributed by atoms with Crippen LogP contribution in [0.2, 0.25) is 0 Å². The van der Waals surface area contributed by atoms with Crippen molar-refractivity contribution in [3.8, 4) is 0 Å². The Kier molecular flexibility index (Phi) is 4.80. The van der Waals surface area contributed by atoms with Crippen LogP contribution in [0.1, 0.15) is 32.9 Å². The quantitative estimate of drug-likeness (QED) is 0.486. The minimum atomic E-state index is -0.541. The summed E-state index contributed by atoms with van der Waals surface area (Å²) in [6.45, 7) is 0.411. The van der Waals surface area contributed by atoms with Gasteiger partial charge in [-0.1, -0.05) is 48.5 Å². The molecule has 2 N–H and O–H groups in total. The van der Waals surface area contributed by atoms with Crippen molar-refractivity contribution in [3.63, 3.8) is 0 Å². The monoisotopic (exact) mass is 416 g/mol. The molecule has 2 aromatic heterocycles.